The van der Waals surface area contributed by atoms with E-state index < -0.39 is 47.0 Å². The molecule has 7 aromatic carbocycles. The van der Waals surface area contributed by atoms with Crippen LogP contribution in [0.15, 0.2) is 170 Å². The van der Waals surface area contributed by atoms with Crippen LogP contribution in [0.1, 0.15) is 22.3 Å². The van der Waals surface area contributed by atoms with Gasteiger partial charge in [-0.05, 0) is 97.1 Å². The third-order valence-electron chi connectivity index (χ3n) is 12.4. The summed E-state index contributed by atoms with van der Waals surface area (Å²) < 4.78 is 174. The minimum atomic E-state index is -4.88. The molecule has 0 aliphatic rings. The van der Waals surface area contributed by atoms with Gasteiger partial charge in [-0.3, -0.25) is 4.98 Å². The van der Waals surface area contributed by atoms with Crippen LogP contribution in [-0.4, -0.2) is 29.1 Å². The molecule has 0 saturated heterocycles. The van der Waals surface area contributed by atoms with Crippen molar-refractivity contribution in [1.29, 1.82) is 0 Å². The van der Waals surface area contributed by atoms with Gasteiger partial charge in [-0.2, -0.15) is 52.7 Å². The number of alkyl halides is 12. The van der Waals surface area contributed by atoms with Crippen molar-refractivity contribution in [3.8, 4) is 56.7 Å². The number of pyridine rings is 1. The molecule has 0 aliphatic heterocycles. The predicted octanol–water partition coefficient (Wildman–Crippen LogP) is 16.2. The van der Waals surface area contributed by atoms with Gasteiger partial charge < -0.3 is 9.13 Å². The van der Waals surface area contributed by atoms with Crippen molar-refractivity contribution in [2.45, 2.75) is 24.7 Å². The molecule has 0 N–H and O–H groups in total. The Labute approximate surface area is 398 Å². The highest BCUT2D eigenvalue weighted by molar-refractivity contribution is 6.12. The maximum atomic E-state index is 14.3. The molecule has 358 valence electrons. The SMILES string of the molecule is FC(F)(F)c1ccc2c(c1)c1cc(C(F)(F)F)ccc1n2-c1ccncc1-c1cc(-c2nc(-c3ccccc3)nc(-c3ccccc3)n2)ccc1-n1c2ccc(C(F)(F)F)cc2c2cc(C(F)(F)F)ccc21. The van der Waals surface area contributed by atoms with E-state index in [1.807, 2.05) is 12.1 Å². The van der Waals surface area contributed by atoms with Crippen LogP contribution in [0.2, 0.25) is 0 Å². The van der Waals surface area contributed by atoms with E-state index in [0.717, 1.165) is 72.8 Å². The van der Waals surface area contributed by atoms with E-state index in [1.165, 1.54) is 27.6 Å². The Bertz CT molecular complexity index is 3730. The Morgan fingerprint density at radius 3 is 1.03 bits per heavy atom. The quantitative estimate of drug-likeness (QED) is 0.156. The first-order chi connectivity index (χ1) is 34.2. The van der Waals surface area contributed by atoms with Crippen molar-refractivity contribution in [3.63, 3.8) is 0 Å². The topological polar surface area (TPSA) is 61.4 Å². The van der Waals surface area contributed by atoms with Crippen molar-refractivity contribution in [2.75, 3.05) is 0 Å². The summed E-state index contributed by atoms with van der Waals surface area (Å²) in [6.07, 6.45) is -16.8. The van der Waals surface area contributed by atoms with E-state index >= 15 is 0 Å². The fourth-order valence-electron chi connectivity index (χ4n) is 9.08. The van der Waals surface area contributed by atoms with Crippen LogP contribution in [-0.2, 0) is 24.7 Å². The average Bonchev–Trinajstić information content (AvgIpc) is 3.87. The van der Waals surface area contributed by atoms with Crippen LogP contribution in [0.5, 0.6) is 0 Å². The van der Waals surface area contributed by atoms with Crippen LogP contribution >= 0.6 is 0 Å². The van der Waals surface area contributed by atoms with E-state index in [9.17, 15) is 52.7 Å². The average molecular weight is 989 g/mol. The Balaban J connectivity index is 1.24. The largest absolute Gasteiger partial charge is 0.416 e. The lowest BCUT2D eigenvalue weighted by Crippen LogP contribution is -2.06. The first-order valence-electron chi connectivity index (χ1n) is 21.6. The summed E-state index contributed by atoms with van der Waals surface area (Å²) in [7, 11) is 0. The highest BCUT2D eigenvalue weighted by Gasteiger charge is 2.36. The Hall–Kier alpha value is -8.54. The van der Waals surface area contributed by atoms with E-state index in [0.29, 0.717) is 16.7 Å². The van der Waals surface area contributed by atoms with Gasteiger partial charge in [0.25, 0.3) is 0 Å². The fraction of sp³-hybridized carbons (Fsp3) is 0.0741. The summed E-state index contributed by atoms with van der Waals surface area (Å²) in [6.45, 7) is 0. The van der Waals surface area contributed by atoms with Crippen LogP contribution < -0.4 is 0 Å². The molecule has 0 unspecified atom stereocenters. The van der Waals surface area contributed by atoms with E-state index in [-0.39, 0.29) is 83.6 Å². The van der Waals surface area contributed by atoms with Gasteiger partial charge in [0, 0.05) is 61.8 Å². The second-order valence-corrected chi connectivity index (χ2v) is 16.8. The monoisotopic (exact) mass is 988 g/mol. The van der Waals surface area contributed by atoms with E-state index in [4.69, 9.17) is 15.0 Å². The van der Waals surface area contributed by atoms with Crippen molar-refractivity contribution >= 4 is 43.6 Å². The molecule has 0 saturated carbocycles. The van der Waals surface area contributed by atoms with Gasteiger partial charge in [-0.25, -0.2) is 15.0 Å². The lowest BCUT2D eigenvalue weighted by molar-refractivity contribution is -0.138. The minimum absolute atomic E-state index is 0.0610. The number of aromatic nitrogens is 6. The predicted molar refractivity (Wildman–Crippen MR) is 248 cm³/mol. The van der Waals surface area contributed by atoms with Crippen LogP contribution in [0.25, 0.3) is 100 Å². The minimum Gasteiger partial charge on any atom is -0.309 e. The molecule has 0 bridgehead atoms. The van der Waals surface area contributed by atoms with Crippen LogP contribution in [0.3, 0.4) is 0 Å². The molecular formula is C54H28F12N6. The standard InChI is InChI=1S/C54H28F12N6/c55-51(56,57)32-12-17-43-37(24-32)38-25-33(52(58,59)60)13-18-44(38)71(43)42-16-11-31(50-69-48(29-7-3-1-4-8-29)68-49(70-50)30-9-5-2-6-10-30)23-36(42)41-28-67-22-21-47(41)72-45-19-14-34(53(61,62)63)26-39(45)40-27-35(54(64,65)66)15-20-46(40)72/h1-28H. The molecule has 0 aliphatic carbocycles. The Morgan fingerprint density at radius 2 is 0.667 bits per heavy atom. The third-order valence-corrected chi connectivity index (χ3v) is 12.4. The van der Waals surface area contributed by atoms with Gasteiger partial charge in [0.2, 0.25) is 0 Å². The number of nitrogens with zero attached hydrogens (tertiary/aromatic N) is 6. The highest BCUT2D eigenvalue weighted by Crippen LogP contribution is 2.46. The number of hydrogen-bond acceptors (Lipinski definition) is 4. The first kappa shape index (κ1) is 45.9. The van der Waals surface area contributed by atoms with E-state index in [1.54, 1.807) is 66.7 Å². The van der Waals surface area contributed by atoms with Crippen molar-refractivity contribution in [2.24, 2.45) is 0 Å². The molecular weight excluding hydrogens is 961 g/mol. The molecule has 0 spiro atoms. The highest BCUT2D eigenvalue weighted by atomic mass is 19.4. The second-order valence-electron chi connectivity index (χ2n) is 16.8. The van der Waals surface area contributed by atoms with Gasteiger partial charge >= 0.3 is 24.7 Å². The lowest BCUT2D eigenvalue weighted by atomic mass is 9.99. The molecule has 0 atom stereocenters. The van der Waals surface area contributed by atoms with Crippen LogP contribution in [0, 0.1) is 0 Å². The zero-order valence-electron chi connectivity index (χ0n) is 36.4. The van der Waals surface area contributed by atoms with E-state index in [2.05, 4.69) is 4.98 Å². The molecule has 0 amide bonds. The number of rotatable bonds is 6. The van der Waals surface area contributed by atoms with Gasteiger partial charge in [-0.1, -0.05) is 60.7 Å². The third kappa shape index (κ3) is 8.01. The van der Waals surface area contributed by atoms with Gasteiger partial charge in [0.05, 0.1) is 55.7 Å². The molecule has 0 radical (unpaired) electrons. The van der Waals surface area contributed by atoms with Gasteiger partial charge in [0.15, 0.2) is 17.5 Å². The Kier molecular flexibility index (Phi) is 10.5. The lowest BCUT2D eigenvalue weighted by Gasteiger charge is -2.19. The molecule has 0 fully saturated rings. The normalized spacial score (nSPS) is 12.7. The summed E-state index contributed by atoms with van der Waals surface area (Å²) in [5, 5.41) is -0.683. The van der Waals surface area contributed by atoms with Crippen LogP contribution in [0.4, 0.5) is 52.7 Å². The zero-order chi connectivity index (χ0) is 50.5. The molecule has 72 heavy (non-hydrogen) atoms. The number of benzene rings is 7. The number of fused-ring (bicyclic) bond motifs is 6. The van der Waals surface area contributed by atoms with Crippen molar-refractivity contribution in [3.05, 3.63) is 192 Å². The van der Waals surface area contributed by atoms with Crippen molar-refractivity contribution in [1.82, 2.24) is 29.1 Å². The fourth-order valence-corrected chi connectivity index (χ4v) is 9.08. The molecule has 11 aromatic rings. The number of halogens is 12. The molecule has 18 heteroatoms. The molecule has 4 aromatic heterocycles. The Morgan fingerprint density at radius 1 is 0.319 bits per heavy atom. The van der Waals surface area contributed by atoms with Gasteiger partial charge in [0.1, 0.15) is 0 Å². The summed E-state index contributed by atoms with van der Waals surface area (Å²) in [5.74, 6) is 0.679. The van der Waals surface area contributed by atoms with Gasteiger partial charge in [-0.15, -0.1) is 0 Å². The van der Waals surface area contributed by atoms with Crippen molar-refractivity contribution < 1.29 is 52.7 Å². The smallest absolute Gasteiger partial charge is 0.309 e. The summed E-state index contributed by atoms with van der Waals surface area (Å²) in [4.78, 5) is 18.9. The molecule has 4 heterocycles. The maximum absolute atomic E-state index is 14.3. The molecule has 11 rings (SSSR count). The summed E-state index contributed by atoms with van der Waals surface area (Å²) in [6, 6.07) is 35.1. The zero-order valence-corrected chi connectivity index (χ0v) is 36.4. The summed E-state index contributed by atoms with van der Waals surface area (Å²) in [5.41, 5.74) is -1.92. The first-order valence-corrected chi connectivity index (χ1v) is 21.6. The summed E-state index contributed by atoms with van der Waals surface area (Å²) >= 11 is 0. The second kappa shape index (κ2) is 16.5. The maximum Gasteiger partial charge on any atom is 0.416 e. The molecule has 6 nitrogen and oxygen atoms in total. The number of hydrogen-bond donors (Lipinski definition) is 0.